The van der Waals surface area contributed by atoms with Crippen molar-refractivity contribution in [3.8, 4) is 0 Å². The number of rotatable bonds is 8. The predicted molar refractivity (Wildman–Crippen MR) is 60.7 cm³/mol. The number of methoxy groups -OCH3 is 1. The van der Waals surface area contributed by atoms with Crippen molar-refractivity contribution >= 4 is 0 Å². The maximum atomic E-state index is 9.38. The van der Waals surface area contributed by atoms with E-state index >= 15 is 0 Å². The van der Waals surface area contributed by atoms with Gasteiger partial charge in [-0.05, 0) is 25.3 Å². The molecule has 0 heterocycles. The molecule has 0 bridgehead atoms. The standard InChI is InChI=1S/C11H24N2O2/c1-3-13(6-7-15-2)8-11(12,9-14)10-4-5-10/h10,14H,3-9,12H2,1-2H3. The van der Waals surface area contributed by atoms with Crippen molar-refractivity contribution in [2.75, 3.05) is 40.0 Å². The van der Waals surface area contributed by atoms with Gasteiger partial charge in [-0.15, -0.1) is 0 Å². The minimum Gasteiger partial charge on any atom is -0.394 e. The van der Waals surface area contributed by atoms with Crippen molar-refractivity contribution < 1.29 is 9.84 Å². The van der Waals surface area contributed by atoms with Crippen LogP contribution in [0.25, 0.3) is 0 Å². The molecule has 1 aliphatic rings. The highest BCUT2D eigenvalue weighted by Gasteiger charge is 2.42. The van der Waals surface area contributed by atoms with E-state index in [0.29, 0.717) is 5.92 Å². The quantitative estimate of drug-likeness (QED) is 0.602. The van der Waals surface area contributed by atoms with Gasteiger partial charge >= 0.3 is 0 Å². The van der Waals surface area contributed by atoms with Crippen LogP contribution in [0.15, 0.2) is 0 Å². The maximum Gasteiger partial charge on any atom is 0.0626 e. The topological polar surface area (TPSA) is 58.7 Å². The molecule has 1 saturated carbocycles. The fourth-order valence-electron chi connectivity index (χ4n) is 1.95. The predicted octanol–water partition coefficient (Wildman–Crippen LogP) is 0.0545. The van der Waals surface area contributed by atoms with Crippen molar-refractivity contribution in [1.82, 2.24) is 4.90 Å². The summed E-state index contributed by atoms with van der Waals surface area (Å²) in [5.74, 6) is 0.513. The first-order chi connectivity index (χ1) is 7.16. The van der Waals surface area contributed by atoms with Crippen LogP contribution >= 0.6 is 0 Å². The summed E-state index contributed by atoms with van der Waals surface area (Å²) >= 11 is 0. The van der Waals surface area contributed by atoms with Gasteiger partial charge in [0.05, 0.1) is 18.8 Å². The Hall–Kier alpha value is -0.160. The Morgan fingerprint density at radius 2 is 2.20 bits per heavy atom. The zero-order valence-corrected chi connectivity index (χ0v) is 9.91. The van der Waals surface area contributed by atoms with Crippen LogP contribution in [0.3, 0.4) is 0 Å². The lowest BCUT2D eigenvalue weighted by atomic mass is 9.95. The second-order valence-electron chi connectivity index (χ2n) is 4.53. The maximum absolute atomic E-state index is 9.38. The van der Waals surface area contributed by atoms with Gasteiger partial charge < -0.3 is 15.6 Å². The summed E-state index contributed by atoms with van der Waals surface area (Å²) in [6, 6.07) is 0. The average molecular weight is 216 g/mol. The number of aliphatic hydroxyl groups is 1. The number of hydrogen-bond donors (Lipinski definition) is 2. The first-order valence-corrected chi connectivity index (χ1v) is 5.77. The molecule has 1 aliphatic carbocycles. The summed E-state index contributed by atoms with van der Waals surface area (Å²) in [7, 11) is 1.70. The molecule has 0 radical (unpaired) electrons. The van der Waals surface area contributed by atoms with E-state index in [9.17, 15) is 5.11 Å². The third-order valence-electron chi connectivity index (χ3n) is 3.26. The van der Waals surface area contributed by atoms with Crippen LogP contribution in [0.4, 0.5) is 0 Å². The summed E-state index contributed by atoms with van der Waals surface area (Å²) in [4.78, 5) is 2.25. The molecular weight excluding hydrogens is 192 g/mol. The second-order valence-corrected chi connectivity index (χ2v) is 4.53. The lowest BCUT2D eigenvalue weighted by Crippen LogP contribution is -2.55. The van der Waals surface area contributed by atoms with Gasteiger partial charge in [-0.25, -0.2) is 0 Å². The van der Waals surface area contributed by atoms with Gasteiger partial charge in [0.1, 0.15) is 0 Å². The molecule has 1 fully saturated rings. The lowest BCUT2D eigenvalue weighted by Gasteiger charge is -2.33. The molecule has 0 amide bonds. The zero-order chi connectivity index (χ0) is 11.3. The van der Waals surface area contributed by atoms with Crippen molar-refractivity contribution in [3.63, 3.8) is 0 Å². The normalized spacial score (nSPS) is 20.6. The SMILES string of the molecule is CCN(CCOC)CC(N)(CO)C1CC1. The highest BCUT2D eigenvalue weighted by atomic mass is 16.5. The Morgan fingerprint density at radius 1 is 1.53 bits per heavy atom. The summed E-state index contributed by atoms with van der Waals surface area (Å²) < 4.78 is 5.05. The van der Waals surface area contributed by atoms with Gasteiger partial charge in [0, 0.05) is 20.2 Å². The minimum absolute atomic E-state index is 0.0845. The van der Waals surface area contributed by atoms with Gasteiger partial charge in [0.25, 0.3) is 0 Å². The number of hydrogen-bond acceptors (Lipinski definition) is 4. The minimum atomic E-state index is -0.399. The van der Waals surface area contributed by atoms with Gasteiger partial charge in [-0.3, -0.25) is 4.90 Å². The van der Waals surface area contributed by atoms with E-state index in [1.54, 1.807) is 7.11 Å². The molecule has 0 aromatic rings. The van der Waals surface area contributed by atoms with Crippen molar-refractivity contribution in [2.24, 2.45) is 11.7 Å². The first kappa shape index (κ1) is 12.9. The van der Waals surface area contributed by atoms with Gasteiger partial charge in [0.15, 0.2) is 0 Å². The van der Waals surface area contributed by atoms with Crippen LogP contribution < -0.4 is 5.73 Å². The third kappa shape index (κ3) is 3.72. The van der Waals surface area contributed by atoms with Crippen LogP contribution in [0.2, 0.25) is 0 Å². The van der Waals surface area contributed by atoms with Crippen LogP contribution in [0.5, 0.6) is 0 Å². The van der Waals surface area contributed by atoms with Crippen molar-refractivity contribution in [3.05, 3.63) is 0 Å². The summed E-state index contributed by atoms with van der Waals surface area (Å²) in [6.45, 7) is 5.53. The monoisotopic (exact) mass is 216 g/mol. The molecule has 0 aromatic heterocycles. The van der Waals surface area contributed by atoms with Crippen LogP contribution in [0.1, 0.15) is 19.8 Å². The van der Waals surface area contributed by atoms with E-state index < -0.39 is 5.54 Å². The Kier molecular flexibility index (Phi) is 4.99. The first-order valence-electron chi connectivity index (χ1n) is 5.77. The van der Waals surface area contributed by atoms with E-state index in [2.05, 4.69) is 11.8 Å². The van der Waals surface area contributed by atoms with Gasteiger partial charge in [-0.1, -0.05) is 6.92 Å². The van der Waals surface area contributed by atoms with E-state index in [4.69, 9.17) is 10.5 Å². The molecule has 15 heavy (non-hydrogen) atoms. The molecule has 0 saturated heterocycles. The fourth-order valence-corrected chi connectivity index (χ4v) is 1.95. The highest BCUT2D eigenvalue weighted by molar-refractivity contribution is 5.00. The summed E-state index contributed by atoms with van der Waals surface area (Å²) in [5.41, 5.74) is 5.82. The highest BCUT2D eigenvalue weighted by Crippen LogP contribution is 2.38. The van der Waals surface area contributed by atoms with E-state index in [-0.39, 0.29) is 6.61 Å². The van der Waals surface area contributed by atoms with Gasteiger partial charge in [-0.2, -0.15) is 0 Å². The molecule has 1 atom stereocenters. The zero-order valence-electron chi connectivity index (χ0n) is 9.91. The molecular formula is C11H24N2O2. The molecule has 4 heteroatoms. The van der Waals surface area contributed by atoms with E-state index in [0.717, 1.165) is 26.2 Å². The summed E-state index contributed by atoms with van der Waals surface area (Å²) in [5, 5.41) is 9.38. The Bertz CT molecular complexity index is 185. The summed E-state index contributed by atoms with van der Waals surface area (Å²) in [6.07, 6.45) is 2.33. The molecule has 1 rings (SSSR count). The Labute approximate surface area is 92.4 Å². The molecule has 0 aliphatic heterocycles. The molecule has 4 nitrogen and oxygen atoms in total. The lowest BCUT2D eigenvalue weighted by molar-refractivity contribution is 0.0983. The van der Waals surface area contributed by atoms with Crippen LogP contribution in [-0.4, -0.2) is 55.5 Å². The number of likely N-dealkylation sites (N-methyl/N-ethyl adjacent to an activating group) is 1. The van der Waals surface area contributed by atoms with Crippen molar-refractivity contribution in [1.29, 1.82) is 0 Å². The fraction of sp³-hybridized carbons (Fsp3) is 1.00. The van der Waals surface area contributed by atoms with E-state index in [1.165, 1.54) is 12.8 Å². The van der Waals surface area contributed by atoms with Crippen molar-refractivity contribution in [2.45, 2.75) is 25.3 Å². The molecule has 0 aromatic carbocycles. The smallest absolute Gasteiger partial charge is 0.0626 e. The Morgan fingerprint density at radius 3 is 2.60 bits per heavy atom. The molecule has 0 spiro atoms. The molecule has 1 unspecified atom stereocenters. The van der Waals surface area contributed by atoms with Crippen LogP contribution in [-0.2, 0) is 4.74 Å². The average Bonchev–Trinajstić information content (AvgIpc) is 3.07. The van der Waals surface area contributed by atoms with Gasteiger partial charge in [0.2, 0.25) is 0 Å². The Balaban J connectivity index is 2.40. The molecule has 90 valence electrons. The number of nitrogens with two attached hydrogens (primary N) is 1. The van der Waals surface area contributed by atoms with Crippen LogP contribution in [0, 0.1) is 5.92 Å². The van der Waals surface area contributed by atoms with E-state index in [1.807, 2.05) is 0 Å². The second kappa shape index (κ2) is 5.80. The number of ether oxygens (including phenoxy) is 1. The largest absolute Gasteiger partial charge is 0.394 e. The number of aliphatic hydroxyl groups excluding tert-OH is 1. The number of nitrogens with zero attached hydrogens (tertiary/aromatic N) is 1. The molecule has 3 N–H and O–H groups in total. The third-order valence-corrected chi connectivity index (χ3v) is 3.26.